The standard InChI is InChI=1S/C26H30N4O9/c1-13-21-28(24(32)26(4)20(39-26)16-7-11-18(12-8-16)30(35)36)14(2)22(37-21)27(13)23(31)25(3)19(38-25)15-5-9-17(10-6-15)29(33)34/h5-14,19-22,29-30,33,35H,1-4H3/t13-,14-,19-,20-,21-,22-,25+,26+/m1/s1. The average Bonchev–Trinajstić information content (AvgIpc) is 3.73. The number of nitrogens with zero attached hydrogens (tertiary/aromatic N) is 2. The molecule has 10 atom stereocenters. The maximum Gasteiger partial charge on any atom is 0.260 e. The van der Waals surface area contributed by atoms with E-state index in [4.69, 9.17) is 24.6 Å². The van der Waals surface area contributed by atoms with Crippen LogP contribution in [-0.2, 0) is 23.8 Å². The molecule has 208 valence electrons. The Bertz CT molecular complexity index is 1210. The van der Waals surface area contributed by atoms with Crippen LogP contribution in [0.1, 0.15) is 51.0 Å². The van der Waals surface area contributed by atoms with Crippen molar-refractivity contribution < 1.29 is 44.7 Å². The molecule has 0 radical (unpaired) electrons. The van der Waals surface area contributed by atoms with Crippen LogP contribution >= 0.6 is 0 Å². The van der Waals surface area contributed by atoms with Crippen molar-refractivity contribution in [1.82, 2.24) is 9.80 Å². The quantitative estimate of drug-likeness (QED) is 0.289. The molecule has 4 heterocycles. The summed E-state index contributed by atoms with van der Waals surface area (Å²) in [6, 6.07) is 11.6. The number of fused-ring (bicyclic) bond motifs is 2. The highest BCUT2D eigenvalue weighted by molar-refractivity contribution is 5.92. The molecule has 2 unspecified atom stereocenters. The lowest BCUT2D eigenvalue weighted by molar-refractivity contribution is -0.991. The van der Waals surface area contributed by atoms with Crippen LogP contribution in [0.15, 0.2) is 48.5 Å². The van der Waals surface area contributed by atoms with Gasteiger partial charge >= 0.3 is 0 Å². The molecule has 4 aliphatic rings. The van der Waals surface area contributed by atoms with Gasteiger partial charge in [0.1, 0.15) is 12.2 Å². The molecule has 0 spiro atoms. The Morgan fingerprint density at radius 3 is 1.38 bits per heavy atom. The van der Waals surface area contributed by atoms with Gasteiger partial charge in [0.25, 0.3) is 11.8 Å². The van der Waals surface area contributed by atoms with Gasteiger partial charge in [-0.05, 0) is 38.8 Å². The molecule has 2 aromatic rings. The second kappa shape index (κ2) is 8.76. The van der Waals surface area contributed by atoms with Crippen LogP contribution in [0.2, 0.25) is 0 Å². The third-order valence-corrected chi connectivity index (χ3v) is 8.38. The van der Waals surface area contributed by atoms with Gasteiger partial charge in [-0.1, -0.05) is 24.3 Å². The van der Waals surface area contributed by atoms with Crippen LogP contribution in [0.4, 0.5) is 11.4 Å². The van der Waals surface area contributed by atoms with Gasteiger partial charge in [-0.2, -0.15) is 10.5 Å². The number of piperazine rings is 1. The number of hydrogen-bond acceptors (Lipinski definition) is 9. The third kappa shape index (κ3) is 3.89. The van der Waals surface area contributed by atoms with Crippen molar-refractivity contribution in [2.45, 2.75) is 75.6 Å². The first-order chi connectivity index (χ1) is 18.4. The number of carbonyl (C=O) groups is 2. The lowest BCUT2D eigenvalue weighted by Crippen LogP contribution is -2.99. The van der Waals surface area contributed by atoms with Crippen LogP contribution < -0.4 is 10.5 Å². The van der Waals surface area contributed by atoms with Gasteiger partial charge < -0.3 is 34.4 Å². The second-order valence-electron chi connectivity index (χ2n) is 10.9. The molecule has 13 nitrogen and oxygen atoms in total. The minimum absolute atomic E-state index is 0.151. The molecule has 4 aliphatic heterocycles. The molecule has 2 aromatic carbocycles. The van der Waals surface area contributed by atoms with Gasteiger partial charge in [0.2, 0.25) is 0 Å². The van der Waals surface area contributed by atoms with Gasteiger partial charge in [0.15, 0.2) is 35.0 Å². The van der Waals surface area contributed by atoms with Crippen LogP contribution in [0.3, 0.4) is 0 Å². The summed E-state index contributed by atoms with van der Waals surface area (Å²) in [6.07, 6.45) is -2.35. The molecule has 2 amide bonds. The van der Waals surface area contributed by atoms with Crippen LogP contribution in [0.25, 0.3) is 0 Å². The Morgan fingerprint density at radius 1 is 0.744 bits per heavy atom. The average molecular weight is 543 g/mol. The zero-order valence-corrected chi connectivity index (χ0v) is 21.7. The number of nitrogens with one attached hydrogen (secondary N) is 2. The highest BCUT2D eigenvalue weighted by Gasteiger charge is 2.69. The lowest BCUT2D eigenvalue weighted by atomic mass is 9.95. The summed E-state index contributed by atoms with van der Waals surface area (Å²) >= 11 is 0. The Hall–Kier alpha value is -2.98. The number of benzene rings is 2. The molecule has 4 saturated heterocycles. The van der Waals surface area contributed by atoms with E-state index in [-0.39, 0.29) is 23.2 Å². The van der Waals surface area contributed by atoms with E-state index < -0.39 is 58.4 Å². The number of hydrogen-bond donors (Lipinski definition) is 4. The number of epoxide rings is 2. The van der Waals surface area contributed by atoms with E-state index in [1.807, 2.05) is 13.8 Å². The van der Waals surface area contributed by atoms with E-state index in [9.17, 15) is 20.0 Å². The van der Waals surface area contributed by atoms with Crippen molar-refractivity contribution >= 4 is 23.2 Å². The van der Waals surface area contributed by atoms with Crippen molar-refractivity contribution in [3.05, 3.63) is 70.1 Å². The lowest BCUT2D eigenvalue weighted by Gasteiger charge is -2.41. The van der Waals surface area contributed by atoms with E-state index in [1.165, 1.54) is 24.3 Å². The maximum atomic E-state index is 13.7. The van der Waals surface area contributed by atoms with Crippen LogP contribution in [0.5, 0.6) is 0 Å². The smallest absolute Gasteiger partial charge is 0.260 e. The normalized spacial score (nSPS) is 38.1. The summed E-state index contributed by atoms with van der Waals surface area (Å²) in [7, 11) is 0. The van der Waals surface area contributed by atoms with E-state index in [0.29, 0.717) is 11.1 Å². The Labute approximate surface area is 223 Å². The molecule has 4 fully saturated rings. The summed E-state index contributed by atoms with van der Waals surface area (Å²) in [5, 5.41) is 38.5. The van der Waals surface area contributed by atoms with Crippen molar-refractivity contribution in [2.24, 2.45) is 0 Å². The summed E-state index contributed by atoms with van der Waals surface area (Å²) < 4.78 is 17.8. The first-order valence-corrected chi connectivity index (χ1v) is 12.7. The van der Waals surface area contributed by atoms with Gasteiger partial charge in [0.05, 0.1) is 12.1 Å². The fourth-order valence-electron chi connectivity index (χ4n) is 5.94. The minimum atomic E-state index is -1.12. The summed E-state index contributed by atoms with van der Waals surface area (Å²) in [4.78, 5) is 30.7. The van der Waals surface area contributed by atoms with E-state index in [1.54, 1.807) is 47.9 Å². The van der Waals surface area contributed by atoms with E-state index in [2.05, 4.69) is 0 Å². The molecule has 0 aliphatic carbocycles. The Morgan fingerprint density at radius 2 is 1.08 bits per heavy atom. The highest BCUT2D eigenvalue weighted by atomic mass is 16.8. The number of carbonyl (C=O) groups excluding carboxylic acids is 2. The SMILES string of the molecule is C[C@@H]1[C@H]2O[C@H]([C@@H](C)N2C(=O)[C@@]2(C)O[C@@H]2c2ccc([NH+]([O-])O)cc2)N1C(=O)[C@@]1(C)O[C@@H]1c1ccc([NH+]([O-])O)cc1. The largest absolute Gasteiger partial charge is 0.595 e. The fourth-order valence-corrected chi connectivity index (χ4v) is 5.94. The zero-order valence-electron chi connectivity index (χ0n) is 21.7. The zero-order chi connectivity index (χ0) is 28.0. The summed E-state index contributed by atoms with van der Waals surface area (Å²) in [5.74, 6) is -0.502. The predicted octanol–water partition coefficient (Wildman–Crippen LogP) is -0.0162. The molecule has 4 N–H and O–H groups in total. The Balaban J connectivity index is 1.15. The molecule has 39 heavy (non-hydrogen) atoms. The maximum absolute atomic E-state index is 13.7. The third-order valence-electron chi connectivity index (χ3n) is 8.38. The summed E-state index contributed by atoms with van der Waals surface area (Å²) in [6.45, 7) is 7.07. The van der Waals surface area contributed by atoms with Crippen LogP contribution in [0, 0.1) is 10.4 Å². The monoisotopic (exact) mass is 542 g/mol. The molecular formula is C26H30N4O9. The Kier molecular flexibility index (Phi) is 5.90. The molecule has 0 saturated carbocycles. The number of ether oxygens (including phenoxy) is 3. The van der Waals surface area contributed by atoms with Gasteiger partial charge in [0, 0.05) is 24.3 Å². The number of quaternary nitrogens is 2. The fraction of sp³-hybridized carbons (Fsp3) is 0.462. The van der Waals surface area contributed by atoms with Gasteiger partial charge in [-0.15, -0.1) is 0 Å². The van der Waals surface area contributed by atoms with Gasteiger partial charge in [-0.3, -0.25) is 9.59 Å². The van der Waals surface area contributed by atoms with Crippen molar-refractivity contribution in [3.63, 3.8) is 0 Å². The predicted molar refractivity (Wildman–Crippen MR) is 130 cm³/mol. The second-order valence-corrected chi connectivity index (χ2v) is 10.9. The molecule has 6 rings (SSSR count). The number of amides is 2. The van der Waals surface area contributed by atoms with Crippen molar-refractivity contribution in [1.29, 1.82) is 0 Å². The highest BCUT2D eigenvalue weighted by Crippen LogP contribution is 2.55. The van der Waals surface area contributed by atoms with Crippen LogP contribution in [-0.4, -0.2) is 67.8 Å². The molecule has 0 aromatic heterocycles. The topological polar surface area (TPSA) is 170 Å². The molecular weight excluding hydrogens is 512 g/mol. The number of rotatable bonds is 6. The van der Waals surface area contributed by atoms with Gasteiger partial charge in [-0.25, -0.2) is 10.4 Å². The summed E-state index contributed by atoms with van der Waals surface area (Å²) in [5.41, 5.74) is -0.532. The van der Waals surface area contributed by atoms with Crippen molar-refractivity contribution in [3.8, 4) is 0 Å². The minimum Gasteiger partial charge on any atom is -0.595 e. The first kappa shape index (κ1) is 26.3. The molecule has 2 bridgehead atoms. The van der Waals surface area contributed by atoms with E-state index in [0.717, 1.165) is 0 Å². The van der Waals surface area contributed by atoms with E-state index >= 15 is 0 Å². The molecule has 13 heteroatoms. The van der Waals surface area contributed by atoms with Crippen molar-refractivity contribution in [2.75, 3.05) is 0 Å². The first-order valence-electron chi connectivity index (χ1n) is 12.7.